The van der Waals surface area contributed by atoms with E-state index in [2.05, 4.69) is 0 Å². The zero-order chi connectivity index (χ0) is 10.9. The van der Waals surface area contributed by atoms with Gasteiger partial charge in [0.25, 0.3) is 0 Å². The topological polar surface area (TPSA) is 40.5 Å². The predicted molar refractivity (Wildman–Crippen MR) is 58.5 cm³/mol. The molecule has 2 N–H and O–H groups in total. The molecular formula is C10H12Cl2O2. The van der Waals surface area contributed by atoms with Gasteiger partial charge in [-0.05, 0) is 13.3 Å². The van der Waals surface area contributed by atoms with Gasteiger partial charge in [0.2, 0.25) is 0 Å². The first-order chi connectivity index (χ1) is 6.50. The summed E-state index contributed by atoms with van der Waals surface area (Å²) in [6.45, 7) is 3.57. The smallest absolute Gasteiger partial charge is 0.162 e. The van der Waals surface area contributed by atoms with Crippen molar-refractivity contribution in [3.05, 3.63) is 21.2 Å². The van der Waals surface area contributed by atoms with Gasteiger partial charge in [-0.15, -0.1) is 0 Å². The average Bonchev–Trinajstić information content (AvgIpc) is 2.19. The Labute approximate surface area is 93.1 Å². The van der Waals surface area contributed by atoms with Crippen LogP contribution >= 0.6 is 23.2 Å². The third-order valence-corrected chi connectivity index (χ3v) is 3.14. The predicted octanol–water partition coefficient (Wildman–Crippen LogP) is 3.67. The molecule has 0 bridgehead atoms. The second kappa shape index (κ2) is 4.28. The van der Waals surface area contributed by atoms with E-state index in [1.807, 2.05) is 6.92 Å². The van der Waals surface area contributed by atoms with Crippen LogP contribution in [-0.4, -0.2) is 10.2 Å². The second-order valence-electron chi connectivity index (χ2n) is 3.18. The van der Waals surface area contributed by atoms with E-state index in [9.17, 15) is 10.2 Å². The lowest BCUT2D eigenvalue weighted by molar-refractivity contribution is 0.396. The average molecular weight is 235 g/mol. The van der Waals surface area contributed by atoms with Crippen LogP contribution in [0.2, 0.25) is 10.0 Å². The molecule has 14 heavy (non-hydrogen) atoms. The first-order valence-electron chi connectivity index (χ1n) is 4.39. The lowest BCUT2D eigenvalue weighted by Crippen LogP contribution is -1.91. The molecule has 1 rings (SSSR count). The van der Waals surface area contributed by atoms with Gasteiger partial charge in [0.05, 0.1) is 10.0 Å². The Balaban J connectivity index is 3.43. The summed E-state index contributed by atoms with van der Waals surface area (Å²) in [5, 5.41) is 19.8. The minimum Gasteiger partial charge on any atom is -0.504 e. The van der Waals surface area contributed by atoms with Crippen LogP contribution in [0.1, 0.15) is 24.5 Å². The quantitative estimate of drug-likeness (QED) is 0.768. The van der Waals surface area contributed by atoms with Crippen molar-refractivity contribution in [2.45, 2.75) is 26.7 Å². The van der Waals surface area contributed by atoms with Crippen molar-refractivity contribution < 1.29 is 10.2 Å². The molecule has 0 radical (unpaired) electrons. The van der Waals surface area contributed by atoms with E-state index in [-0.39, 0.29) is 11.5 Å². The normalized spacial score (nSPS) is 10.6. The Hall–Kier alpha value is -0.600. The van der Waals surface area contributed by atoms with Crippen molar-refractivity contribution in [1.29, 1.82) is 0 Å². The van der Waals surface area contributed by atoms with Gasteiger partial charge in [-0.3, -0.25) is 0 Å². The van der Waals surface area contributed by atoms with Crippen LogP contribution in [0.3, 0.4) is 0 Å². The molecule has 1 aromatic carbocycles. The van der Waals surface area contributed by atoms with Gasteiger partial charge >= 0.3 is 0 Å². The molecule has 0 atom stereocenters. The van der Waals surface area contributed by atoms with Crippen LogP contribution in [0, 0.1) is 6.92 Å². The Bertz CT molecular complexity index is 333. The monoisotopic (exact) mass is 234 g/mol. The summed E-state index contributed by atoms with van der Waals surface area (Å²) >= 11 is 11.8. The van der Waals surface area contributed by atoms with Gasteiger partial charge in [-0.1, -0.05) is 36.5 Å². The number of phenols is 2. The Morgan fingerprint density at radius 3 is 2.14 bits per heavy atom. The number of rotatable bonds is 2. The van der Waals surface area contributed by atoms with Gasteiger partial charge < -0.3 is 10.2 Å². The minimum absolute atomic E-state index is 0.154. The molecule has 0 aliphatic carbocycles. The standard InChI is InChI=1S/C10H12Cl2O2/c1-3-4-6-8(12)7(11)5(2)9(13)10(6)14/h13-14H,3-4H2,1-2H3. The molecule has 4 heteroatoms. The fraction of sp³-hybridized carbons (Fsp3) is 0.400. The largest absolute Gasteiger partial charge is 0.504 e. The van der Waals surface area contributed by atoms with Gasteiger partial charge in [0.15, 0.2) is 11.5 Å². The maximum absolute atomic E-state index is 9.62. The van der Waals surface area contributed by atoms with Crippen molar-refractivity contribution in [3.8, 4) is 11.5 Å². The Morgan fingerprint density at radius 2 is 1.64 bits per heavy atom. The fourth-order valence-corrected chi connectivity index (χ4v) is 1.83. The van der Waals surface area contributed by atoms with E-state index in [1.165, 1.54) is 0 Å². The van der Waals surface area contributed by atoms with Crippen molar-refractivity contribution in [2.24, 2.45) is 0 Å². The highest BCUT2D eigenvalue weighted by atomic mass is 35.5. The summed E-state index contributed by atoms with van der Waals surface area (Å²) < 4.78 is 0. The molecule has 2 nitrogen and oxygen atoms in total. The maximum Gasteiger partial charge on any atom is 0.162 e. The van der Waals surface area contributed by atoms with E-state index in [1.54, 1.807) is 6.92 Å². The minimum atomic E-state index is -0.178. The van der Waals surface area contributed by atoms with Crippen LogP contribution in [0.15, 0.2) is 0 Å². The van der Waals surface area contributed by atoms with E-state index < -0.39 is 0 Å². The first-order valence-corrected chi connectivity index (χ1v) is 5.14. The first kappa shape index (κ1) is 11.5. The summed E-state index contributed by atoms with van der Waals surface area (Å²) in [4.78, 5) is 0. The third kappa shape index (κ3) is 1.77. The van der Waals surface area contributed by atoms with Crippen LogP contribution in [0.25, 0.3) is 0 Å². The molecule has 78 valence electrons. The fourth-order valence-electron chi connectivity index (χ4n) is 1.30. The summed E-state index contributed by atoms with van der Waals surface area (Å²) in [7, 11) is 0. The van der Waals surface area contributed by atoms with Crippen molar-refractivity contribution in [2.75, 3.05) is 0 Å². The molecule has 0 aliphatic rings. The molecule has 0 heterocycles. The van der Waals surface area contributed by atoms with Crippen molar-refractivity contribution >= 4 is 23.2 Å². The molecule has 0 saturated carbocycles. The highest BCUT2D eigenvalue weighted by Gasteiger charge is 2.18. The highest BCUT2D eigenvalue weighted by molar-refractivity contribution is 6.43. The summed E-state index contributed by atoms with van der Waals surface area (Å²) in [5.74, 6) is -0.332. The Kier molecular flexibility index (Phi) is 3.51. The third-order valence-electron chi connectivity index (χ3n) is 2.15. The molecule has 1 aromatic rings. The molecule has 0 aromatic heterocycles. The molecular weight excluding hydrogens is 223 g/mol. The van der Waals surface area contributed by atoms with Crippen LogP contribution in [0.5, 0.6) is 11.5 Å². The van der Waals surface area contributed by atoms with E-state index >= 15 is 0 Å². The maximum atomic E-state index is 9.62. The molecule has 0 unspecified atom stereocenters. The van der Waals surface area contributed by atoms with Crippen molar-refractivity contribution in [3.63, 3.8) is 0 Å². The van der Waals surface area contributed by atoms with Gasteiger partial charge in [-0.25, -0.2) is 0 Å². The van der Waals surface area contributed by atoms with Gasteiger partial charge in [0, 0.05) is 11.1 Å². The lowest BCUT2D eigenvalue weighted by Gasteiger charge is -2.12. The van der Waals surface area contributed by atoms with Gasteiger partial charge in [-0.2, -0.15) is 0 Å². The summed E-state index contributed by atoms with van der Waals surface area (Å²) in [6, 6.07) is 0. The molecule has 0 spiro atoms. The highest BCUT2D eigenvalue weighted by Crippen LogP contribution is 2.43. The number of hydrogen-bond acceptors (Lipinski definition) is 2. The Morgan fingerprint density at radius 1 is 1.07 bits per heavy atom. The summed E-state index contributed by atoms with van der Waals surface area (Å²) in [6.07, 6.45) is 1.42. The zero-order valence-electron chi connectivity index (χ0n) is 8.06. The molecule has 0 aliphatic heterocycles. The van der Waals surface area contributed by atoms with E-state index in [4.69, 9.17) is 23.2 Å². The number of hydrogen-bond donors (Lipinski definition) is 2. The van der Waals surface area contributed by atoms with Crippen LogP contribution < -0.4 is 0 Å². The summed E-state index contributed by atoms with van der Waals surface area (Å²) in [5.41, 5.74) is 0.927. The number of aromatic hydroxyl groups is 2. The van der Waals surface area contributed by atoms with Crippen LogP contribution in [0.4, 0.5) is 0 Å². The SMILES string of the molecule is CCCc1c(O)c(O)c(C)c(Cl)c1Cl. The molecule has 0 fully saturated rings. The van der Waals surface area contributed by atoms with E-state index in [0.29, 0.717) is 27.6 Å². The lowest BCUT2D eigenvalue weighted by atomic mass is 10.1. The van der Waals surface area contributed by atoms with E-state index in [0.717, 1.165) is 6.42 Å². The van der Waals surface area contributed by atoms with Gasteiger partial charge in [0.1, 0.15) is 0 Å². The number of halogens is 2. The number of benzene rings is 1. The van der Waals surface area contributed by atoms with Crippen LogP contribution in [-0.2, 0) is 6.42 Å². The molecule has 0 saturated heterocycles. The van der Waals surface area contributed by atoms with Crippen molar-refractivity contribution in [1.82, 2.24) is 0 Å². The zero-order valence-corrected chi connectivity index (χ0v) is 9.58. The molecule has 0 amide bonds. The second-order valence-corrected chi connectivity index (χ2v) is 3.93. The number of phenolic OH excluding ortho intramolecular Hbond substituents is 2.